The summed E-state index contributed by atoms with van der Waals surface area (Å²) >= 11 is 0. The van der Waals surface area contributed by atoms with E-state index in [1.807, 2.05) is 0 Å². The minimum atomic E-state index is -1.31. The molecule has 0 aliphatic heterocycles. The Morgan fingerprint density at radius 2 is 1.85 bits per heavy atom. The molecule has 1 aromatic carbocycles. The summed E-state index contributed by atoms with van der Waals surface area (Å²) in [5.74, 6) is -3.16. The van der Waals surface area contributed by atoms with Crippen molar-refractivity contribution in [2.75, 3.05) is 11.1 Å². The Hall–Kier alpha value is -3.29. The maximum atomic E-state index is 12.3. The number of hydrogen-bond donors (Lipinski definition) is 6. The zero-order chi connectivity index (χ0) is 23.3. The fourth-order valence-electron chi connectivity index (χ4n) is 2.76. The van der Waals surface area contributed by atoms with E-state index in [0.29, 0.717) is 11.4 Å². The molecule has 33 heavy (non-hydrogen) atoms. The van der Waals surface area contributed by atoms with Crippen molar-refractivity contribution in [3.8, 4) is 0 Å². The van der Waals surface area contributed by atoms with Crippen molar-refractivity contribution in [3.63, 3.8) is 0 Å². The second-order valence-corrected chi connectivity index (χ2v) is 6.71. The molecule has 3 aromatic rings. The maximum Gasteiger partial charge on any atom is 1.00 e. The Balaban J connectivity index is 0.00000289. The molecule has 0 spiro atoms. The van der Waals surface area contributed by atoms with Crippen LogP contribution in [0.15, 0.2) is 35.3 Å². The van der Waals surface area contributed by atoms with E-state index in [2.05, 4.69) is 30.6 Å². The number of carboxylic acids is 2. The number of benzene rings is 1. The van der Waals surface area contributed by atoms with Gasteiger partial charge in [0.05, 0.1) is 18.4 Å². The standard InChI is InChI=1S/C19H19N7O6.Ca.2H/c20-19-25-15-14(17(30)26-19)23-11(8-22-15)7-21-10-3-1-9(2-4-10)16(29)24-12(18(31)32)5-6-13(27)28;;;/h1-4,8,12,21H,5-7H2,(H,24,29)(H,27,28)(H,31,32)(H3,20,22,25,26,30);;;/p+1/t12-;;;/m0.../s1. The van der Waals surface area contributed by atoms with Crippen molar-refractivity contribution >= 4 is 78.4 Å². The van der Waals surface area contributed by atoms with Gasteiger partial charge in [-0.1, -0.05) is 0 Å². The molecule has 0 saturated heterocycles. The van der Waals surface area contributed by atoms with Gasteiger partial charge in [-0.3, -0.25) is 14.4 Å². The van der Waals surface area contributed by atoms with Gasteiger partial charge in [0.25, 0.3) is 5.91 Å². The molecule has 14 heteroatoms. The predicted octanol–water partition coefficient (Wildman–Crippen LogP) is -0.848. The number of H-pyrrole nitrogens is 1. The molecule has 1 atom stereocenters. The van der Waals surface area contributed by atoms with Crippen LogP contribution < -0.4 is 21.9 Å². The van der Waals surface area contributed by atoms with Crippen molar-refractivity contribution in [2.24, 2.45) is 0 Å². The summed E-state index contributed by atoms with van der Waals surface area (Å²) < 4.78 is 0. The third kappa shape index (κ3) is 7.10. The van der Waals surface area contributed by atoms with Gasteiger partial charge in [0.2, 0.25) is 5.95 Å². The van der Waals surface area contributed by atoms with E-state index >= 15 is 0 Å². The number of carbonyl (C=O) groups is 3. The third-order valence-electron chi connectivity index (χ3n) is 4.36. The van der Waals surface area contributed by atoms with E-state index in [-0.39, 0.29) is 81.2 Å². The number of nitrogens with two attached hydrogens (primary N) is 1. The van der Waals surface area contributed by atoms with E-state index < -0.39 is 29.4 Å². The van der Waals surface area contributed by atoms with E-state index in [4.69, 9.17) is 15.9 Å². The molecule has 1 amide bonds. The van der Waals surface area contributed by atoms with Crippen molar-refractivity contribution in [1.29, 1.82) is 0 Å². The second kappa shape index (κ2) is 11.5. The number of nitrogen functional groups attached to an aromatic ring is 1. The number of nitrogens with one attached hydrogen (secondary N) is 3. The number of carbonyl (C=O) groups excluding carboxylic acids is 1. The number of carboxylic acid groups (broad SMARTS) is 2. The summed E-state index contributed by atoms with van der Waals surface area (Å²) in [6.07, 6.45) is 0.858. The second-order valence-electron chi connectivity index (χ2n) is 6.71. The Labute approximate surface area is 217 Å². The normalized spacial score (nSPS) is 11.3. The summed E-state index contributed by atoms with van der Waals surface area (Å²) in [6, 6.07) is 4.86. The molecular formula is C19H22CaN7O6+. The molecule has 2 heterocycles. The Morgan fingerprint density at radius 1 is 1.15 bits per heavy atom. The molecule has 170 valence electrons. The minimum absolute atomic E-state index is 0. The molecule has 0 saturated carbocycles. The molecule has 7 N–H and O–H groups in total. The molecule has 0 aliphatic rings. The first kappa shape index (κ1) is 26.0. The fraction of sp³-hybridized carbons (Fsp3) is 0.211. The van der Waals surface area contributed by atoms with Crippen LogP contribution in [0.1, 0.15) is 30.3 Å². The van der Waals surface area contributed by atoms with Crippen LogP contribution in [0.2, 0.25) is 0 Å². The Kier molecular flexibility index (Phi) is 9.08. The topological polar surface area (TPSA) is 213 Å². The molecule has 13 nitrogen and oxygen atoms in total. The van der Waals surface area contributed by atoms with Gasteiger partial charge in [0.15, 0.2) is 11.2 Å². The van der Waals surface area contributed by atoms with Gasteiger partial charge >= 0.3 is 56.7 Å². The van der Waals surface area contributed by atoms with Crippen LogP contribution in [0.25, 0.3) is 11.2 Å². The molecule has 0 aliphatic carbocycles. The van der Waals surface area contributed by atoms with Crippen molar-refractivity contribution in [1.82, 2.24) is 25.3 Å². The first-order valence-electron chi connectivity index (χ1n) is 9.33. The molecule has 0 bridgehead atoms. The zero-order valence-corrected chi connectivity index (χ0v) is 16.5. The molecule has 2 aromatic heterocycles. The van der Waals surface area contributed by atoms with Gasteiger partial charge in [-0.15, -0.1) is 0 Å². The summed E-state index contributed by atoms with van der Waals surface area (Å²) in [5.41, 5.74) is 6.47. The fourth-order valence-corrected chi connectivity index (χ4v) is 2.76. The maximum absolute atomic E-state index is 12.3. The average molecular weight is 485 g/mol. The monoisotopic (exact) mass is 484 g/mol. The zero-order valence-electron chi connectivity index (χ0n) is 17.5. The molecule has 0 unspecified atom stereocenters. The first-order chi connectivity index (χ1) is 15.2. The van der Waals surface area contributed by atoms with Crippen molar-refractivity contribution in [3.05, 3.63) is 52.1 Å². The van der Waals surface area contributed by atoms with Crippen LogP contribution in [-0.4, -0.2) is 91.8 Å². The summed E-state index contributed by atoms with van der Waals surface area (Å²) in [7, 11) is 0. The van der Waals surface area contributed by atoms with Gasteiger partial charge in [-0.2, -0.15) is 4.98 Å². The quantitative estimate of drug-likeness (QED) is 0.206. The summed E-state index contributed by atoms with van der Waals surface area (Å²) in [4.78, 5) is 60.5. The SMILES string of the molecule is Nc1nc(=O)c2nc(CNc3ccc(C(=O)N[C@@H](CCC(=O)O)C(=O)O)cc3)cnc2[nH]1.[CaH2].[H+]. The molecule has 0 fully saturated rings. The van der Waals surface area contributed by atoms with Gasteiger partial charge in [-0.05, 0) is 30.7 Å². The van der Waals surface area contributed by atoms with Crippen molar-refractivity contribution < 1.29 is 26.0 Å². The summed E-state index contributed by atoms with van der Waals surface area (Å²) in [6.45, 7) is 0.231. The van der Waals surface area contributed by atoms with Gasteiger partial charge in [-0.25, -0.2) is 14.8 Å². The number of hydrogen-bond acceptors (Lipinski definition) is 9. The number of fused-ring (bicyclic) bond motifs is 1. The number of aromatic nitrogens is 4. The van der Waals surface area contributed by atoms with Gasteiger partial charge in [0, 0.05) is 17.7 Å². The first-order valence-corrected chi connectivity index (χ1v) is 9.33. The van der Waals surface area contributed by atoms with E-state index in [9.17, 15) is 19.2 Å². The number of nitrogens with zero attached hydrogens (tertiary/aromatic N) is 3. The van der Waals surface area contributed by atoms with Crippen LogP contribution in [0.5, 0.6) is 0 Å². The molecule has 3 rings (SSSR count). The average Bonchev–Trinajstić information content (AvgIpc) is 2.75. The van der Waals surface area contributed by atoms with Crippen LogP contribution in [0.3, 0.4) is 0 Å². The van der Waals surface area contributed by atoms with Crippen LogP contribution in [-0.2, 0) is 16.1 Å². The van der Waals surface area contributed by atoms with Gasteiger partial charge in [0.1, 0.15) is 6.04 Å². The van der Waals surface area contributed by atoms with Crippen LogP contribution in [0.4, 0.5) is 11.6 Å². The molecule has 0 radical (unpaired) electrons. The molecular weight excluding hydrogens is 462 g/mol. The smallest absolute Gasteiger partial charge is 1.00 e. The number of aromatic amines is 1. The number of amides is 1. The largest absolute Gasteiger partial charge is 1.00 e. The third-order valence-corrected chi connectivity index (χ3v) is 4.36. The predicted molar refractivity (Wildman–Crippen MR) is 122 cm³/mol. The van der Waals surface area contributed by atoms with Crippen molar-refractivity contribution in [2.45, 2.75) is 25.4 Å². The van der Waals surface area contributed by atoms with E-state index in [1.54, 1.807) is 12.1 Å². The van der Waals surface area contributed by atoms with Gasteiger partial charge < -0.3 is 31.6 Å². The van der Waals surface area contributed by atoms with Crippen LogP contribution in [0, 0.1) is 0 Å². The number of rotatable bonds is 9. The van der Waals surface area contributed by atoms with E-state index in [1.165, 1.54) is 18.3 Å². The Bertz CT molecular complexity index is 1240. The minimum Gasteiger partial charge on any atom is 1.00 e. The number of aliphatic carboxylic acids is 2. The summed E-state index contributed by atoms with van der Waals surface area (Å²) in [5, 5.41) is 23.2. The van der Waals surface area contributed by atoms with Crippen LogP contribution >= 0.6 is 0 Å². The Morgan fingerprint density at radius 3 is 2.48 bits per heavy atom. The number of anilines is 2. The van der Waals surface area contributed by atoms with E-state index in [0.717, 1.165) is 0 Å².